The molecule has 4 rings (SSSR count). The van der Waals surface area contributed by atoms with E-state index in [2.05, 4.69) is 9.98 Å². The Hall–Kier alpha value is -4.49. The number of ether oxygens (including phenoxy) is 1. The van der Waals surface area contributed by atoms with Crippen LogP contribution < -0.4 is 11.0 Å². The topological polar surface area (TPSA) is 95.0 Å². The molecule has 14 heteroatoms. The number of halogens is 6. The van der Waals surface area contributed by atoms with Crippen molar-refractivity contribution in [2.75, 3.05) is 6.61 Å². The number of aryl methyl sites for hydroxylation is 1. The van der Waals surface area contributed by atoms with Crippen molar-refractivity contribution in [1.29, 1.82) is 0 Å². The second-order valence-electron chi connectivity index (χ2n) is 8.55. The van der Waals surface area contributed by atoms with Crippen LogP contribution in [0.25, 0.3) is 16.7 Å². The van der Waals surface area contributed by atoms with Crippen LogP contribution in [0.15, 0.2) is 58.4 Å². The number of alkyl halides is 6. The van der Waals surface area contributed by atoms with Crippen molar-refractivity contribution in [3.63, 3.8) is 0 Å². The fourth-order valence-electron chi connectivity index (χ4n) is 4.03. The van der Waals surface area contributed by atoms with Gasteiger partial charge in [-0.15, -0.1) is 0 Å². The predicted octanol–water partition coefficient (Wildman–Crippen LogP) is 5.01. The van der Waals surface area contributed by atoms with Crippen LogP contribution in [-0.2, 0) is 23.6 Å². The average Bonchev–Trinajstić information content (AvgIpc) is 2.89. The molecule has 0 radical (unpaired) electrons. The van der Waals surface area contributed by atoms with Gasteiger partial charge in [0.2, 0.25) is 0 Å². The van der Waals surface area contributed by atoms with Gasteiger partial charge in [0.05, 0.1) is 23.1 Å². The molecule has 3 heterocycles. The summed E-state index contributed by atoms with van der Waals surface area (Å²) in [6.45, 7) is 3.13. The Bertz CT molecular complexity index is 1740. The van der Waals surface area contributed by atoms with Crippen LogP contribution in [-0.4, -0.2) is 32.4 Å². The molecule has 0 aliphatic rings. The third-order valence-corrected chi connectivity index (χ3v) is 5.77. The summed E-state index contributed by atoms with van der Waals surface area (Å²) >= 11 is 0. The van der Waals surface area contributed by atoms with Crippen LogP contribution in [0.3, 0.4) is 0 Å². The van der Waals surface area contributed by atoms with Crippen molar-refractivity contribution in [3.05, 3.63) is 86.8 Å². The van der Waals surface area contributed by atoms with Gasteiger partial charge < -0.3 is 9.30 Å². The van der Waals surface area contributed by atoms with E-state index in [-0.39, 0.29) is 48.0 Å². The van der Waals surface area contributed by atoms with Crippen LogP contribution in [0, 0.1) is 0 Å². The van der Waals surface area contributed by atoms with Gasteiger partial charge in [-0.25, -0.2) is 9.78 Å². The highest BCUT2D eigenvalue weighted by Crippen LogP contribution is 2.36. The number of carbonyl (C=O) groups is 2. The molecule has 0 saturated carbocycles. The van der Waals surface area contributed by atoms with Gasteiger partial charge in [-0.05, 0) is 49.7 Å². The van der Waals surface area contributed by atoms with Gasteiger partial charge >= 0.3 is 18.3 Å². The minimum Gasteiger partial charge on any atom is -0.462 e. The highest BCUT2D eigenvalue weighted by molar-refractivity contribution is 5.97. The Morgan fingerprint density at radius 2 is 1.62 bits per heavy atom. The fraction of sp³-hybridized carbons (Fsp3) is 0.269. The van der Waals surface area contributed by atoms with Crippen molar-refractivity contribution in [1.82, 2.24) is 14.0 Å². The Labute approximate surface area is 221 Å². The molecule has 0 N–H and O–H groups in total. The highest BCUT2D eigenvalue weighted by Gasteiger charge is 2.37. The molecule has 0 spiro atoms. The van der Waals surface area contributed by atoms with Crippen molar-refractivity contribution in [2.45, 2.75) is 39.2 Å². The highest BCUT2D eigenvalue weighted by atomic mass is 19.4. The second kappa shape index (κ2) is 10.6. The Balaban J connectivity index is 2.09. The third kappa shape index (κ3) is 5.46. The lowest BCUT2D eigenvalue weighted by Gasteiger charge is -2.15. The van der Waals surface area contributed by atoms with E-state index in [4.69, 9.17) is 4.74 Å². The minimum atomic E-state index is -5.19. The normalized spacial score (nSPS) is 12.8. The van der Waals surface area contributed by atoms with Gasteiger partial charge in [0.25, 0.3) is 11.5 Å². The molecule has 40 heavy (non-hydrogen) atoms. The van der Waals surface area contributed by atoms with Gasteiger partial charge in [0.1, 0.15) is 16.9 Å². The number of amides is 1. The zero-order valence-corrected chi connectivity index (χ0v) is 20.9. The molecule has 1 amide bonds. The number of aromatic nitrogens is 3. The van der Waals surface area contributed by atoms with Crippen LogP contribution in [0.4, 0.5) is 26.3 Å². The first kappa shape index (κ1) is 28.5. The molecule has 4 aromatic rings. The van der Waals surface area contributed by atoms with Crippen LogP contribution in [0.5, 0.6) is 0 Å². The molecule has 0 aliphatic carbocycles. The summed E-state index contributed by atoms with van der Waals surface area (Å²) in [6.07, 6.45) is -8.57. The summed E-state index contributed by atoms with van der Waals surface area (Å²) in [5, 5.41) is -0.0509. The maximum Gasteiger partial charge on any atom is 0.416 e. The van der Waals surface area contributed by atoms with Crippen LogP contribution >= 0.6 is 0 Å². The molecule has 0 saturated heterocycles. The monoisotopic (exact) mass is 566 g/mol. The van der Waals surface area contributed by atoms with E-state index in [9.17, 15) is 40.7 Å². The maximum absolute atomic E-state index is 13.4. The number of esters is 1. The van der Waals surface area contributed by atoms with Crippen LogP contribution in [0.2, 0.25) is 0 Å². The maximum atomic E-state index is 13.4. The van der Waals surface area contributed by atoms with Gasteiger partial charge in [0.15, 0.2) is 5.49 Å². The lowest BCUT2D eigenvalue weighted by atomic mass is 10.0. The van der Waals surface area contributed by atoms with Gasteiger partial charge in [-0.1, -0.05) is 13.0 Å². The molecule has 0 bridgehead atoms. The molecular formula is C26H20F6N4O4. The molecule has 8 nitrogen and oxygen atoms in total. The number of rotatable bonds is 5. The van der Waals surface area contributed by atoms with E-state index in [0.717, 1.165) is 6.07 Å². The first-order valence-electron chi connectivity index (χ1n) is 11.9. The zero-order chi connectivity index (χ0) is 29.4. The molecule has 210 valence electrons. The Morgan fingerprint density at radius 1 is 0.975 bits per heavy atom. The van der Waals surface area contributed by atoms with E-state index >= 15 is 0 Å². The summed E-state index contributed by atoms with van der Waals surface area (Å²) in [7, 11) is 0. The van der Waals surface area contributed by atoms with Crippen molar-refractivity contribution in [2.24, 2.45) is 4.99 Å². The van der Waals surface area contributed by atoms with Crippen molar-refractivity contribution >= 4 is 28.6 Å². The Kier molecular flexibility index (Phi) is 7.55. The lowest BCUT2D eigenvalue weighted by molar-refractivity contribution is -0.143. The smallest absolute Gasteiger partial charge is 0.416 e. The number of hydrogen-bond donors (Lipinski definition) is 0. The molecule has 0 unspecified atom stereocenters. The number of nitrogens with zero attached hydrogens (tertiary/aromatic N) is 4. The molecule has 0 fully saturated rings. The third-order valence-electron chi connectivity index (χ3n) is 5.77. The van der Waals surface area contributed by atoms with E-state index in [1.54, 1.807) is 19.1 Å². The first-order chi connectivity index (χ1) is 18.8. The molecule has 0 aliphatic heterocycles. The van der Waals surface area contributed by atoms with E-state index in [1.807, 2.05) is 0 Å². The summed E-state index contributed by atoms with van der Waals surface area (Å²) < 4.78 is 87.7. The number of carbonyl (C=O) groups excluding carboxylic acids is 2. The van der Waals surface area contributed by atoms with Gasteiger partial charge in [-0.2, -0.15) is 31.3 Å². The van der Waals surface area contributed by atoms with Crippen LogP contribution in [0.1, 0.15) is 52.1 Å². The van der Waals surface area contributed by atoms with Crippen molar-refractivity contribution in [3.8, 4) is 0 Å². The van der Waals surface area contributed by atoms with E-state index < -0.39 is 57.5 Å². The number of pyridine rings is 2. The number of benzene rings is 1. The van der Waals surface area contributed by atoms with Gasteiger partial charge in [-0.3, -0.25) is 14.0 Å². The standard InChI is InChI=1S/C26H20F6N4O4/c1-3-8-36-20-17(23(38)35-9-6-5-7-19(35)33-20)13-18(24(39)40-4-2)21(36)34-22(37)14-10-15(25(27,28)29)12-16(11-14)26(30,31)32/h5-7,9-13H,3-4,8H2,1-2H3. The molecular weight excluding hydrogens is 546 g/mol. The van der Waals surface area contributed by atoms with Crippen molar-refractivity contribution < 1.29 is 40.7 Å². The SMILES string of the molecule is CCCn1c(=NC(=O)c2cc(C(F)(F)F)cc(C(F)(F)F)c2)c(C(=O)OCC)cc2c(=O)n3ccccc3nc21. The van der Waals surface area contributed by atoms with Gasteiger partial charge in [0, 0.05) is 18.3 Å². The largest absolute Gasteiger partial charge is 0.462 e. The van der Waals surface area contributed by atoms with E-state index in [1.165, 1.54) is 28.2 Å². The first-order valence-corrected chi connectivity index (χ1v) is 11.9. The second-order valence-corrected chi connectivity index (χ2v) is 8.55. The average molecular weight is 566 g/mol. The van der Waals surface area contributed by atoms with E-state index in [0.29, 0.717) is 6.42 Å². The summed E-state index contributed by atoms with van der Waals surface area (Å²) in [6, 6.07) is 6.19. The zero-order valence-electron chi connectivity index (χ0n) is 20.9. The number of fused-ring (bicyclic) bond motifs is 2. The molecule has 1 aromatic carbocycles. The molecule has 0 atom stereocenters. The molecule has 3 aromatic heterocycles. The predicted molar refractivity (Wildman–Crippen MR) is 130 cm³/mol. The lowest BCUT2D eigenvalue weighted by Crippen LogP contribution is -2.32. The quantitative estimate of drug-likeness (QED) is 0.192. The Morgan fingerprint density at radius 3 is 2.20 bits per heavy atom. The summed E-state index contributed by atoms with van der Waals surface area (Å²) in [5.74, 6) is -2.50. The summed E-state index contributed by atoms with van der Waals surface area (Å²) in [4.78, 5) is 47.5. The minimum absolute atomic E-state index is 0.00216. The fourth-order valence-corrected chi connectivity index (χ4v) is 4.03. The number of hydrogen-bond acceptors (Lipinski definition) is 5. The summed E-state index contributed by atoms with van der Waals surface area (Å²) in [5.41, 5.74) is -5.60.